The standard InChI is InChI=1S/C23H22N4O4/c1-30-16-9-10-20(31-2)14(11-16)13-26(15-7-8-15)23(29)18-12-24-27-19-6-4-3-5-17(19)22(28)25-21(18)27/h3-6,9-12,15H,7-8,13H2,1-2H3,(H,25,28). The third kappa shape index (κ3) is 3.30. The van der Waals surface area contributed by atoms with Crippen molar-refractivity contribution in [3.63, 3.8) is 0 Å². The smallest absolute Gasteiger partial charge is 0.259 e. The fraction of sp³-hybridized carbons (Fsp3) is 0.261. The molecule has 2 heterocycles. The van der Waals surface area contributed by atoms with Gasteiger partial charge in [-0.25, -0.2) is 4.52 Å². The van der Waals surface area contributed by atoms with Crippen molar-refractivity contribution < 1.29 is 14.3 Å². The molecule has 8 nitrogen and oxygen atoms in total. The first-order valence-corrected chi connectivity index (χ1v) is 10.1. The number of methoxy groups -OCH3 is 2. The normalized spacial score (nSPS) is 13.5. The van der Waals surface area contributed by atoms with Crippen LogP contribution in [0.15, 0.2) is 53.5 Å². The predicted molar refractivity (Wildman–Crippen MR) is 116 cm³/mol. The summed E-state index contributed by atoms with van der Waals surface area (Å²) in [6.07, 6.45) is 3.41. The first-order valence-electron chi connectivity index (χ1n) is 10.1. The highest BCUT2D eigenvalue weighted by Crippen LogP contribution is 2.33. The number of carbonyl (C=O) groups is 1. The summed E-state index contributed by atoms with van der Waals surface area (Å²) in [6.45, 7) is 0.374. The molecule has 5 rings (SSSR count). The largest absolute Gasteiger partial charge is 0.497 e. The van der Waals surface area contributed by atoms with Gasteiger partial charge in [-0.2, -0.15) is 5.10 Å². The van der Waals surface area contributed by atoms with Crippen LogP contribution in [0.25, 0.3) is 16.6 Å². The number of hydrogen-bond donors (Lipinski definition) is 1. The number of aromatic amines is 1. The van der Waals surface area contributed by atoms with Gasteiger partial charge in [-0.3, -0.25) is 9.59 Å². The Morgan fingerprint density at radius 2 is 2.00 bits per heavy atom. The Morgan fingerprint density at radius 3 is 2.74 bits per heavy atom. The SMILES string of the molecule is COc1ccc(OC)c(CN(C(=O)c2cnn3c2[nH]c(=O)c2ccccc23)C2CC2)c1. The average molecular weight is 418 g/mol. The summed E-state index contributed by atoms with van der Waals surface area (Å²) in [7, 11) is 3.21. The van der Waals surface area contributed by atoms with Crippen molar-refractivity contribution in [3.05, 3.63) is 70.1 Å². The lowest BCUT2D eigenvalue weighted by molar-refractivity contribution is 0.0730. The molecule has 158 valence electrons. The molecule has 1 aliphatic rings. The Hall–Kier alpha value is -3.81. The Labute approximate surface area is 178 Å². The van der Waals surface area contributed by atoms with Gasteiger partial charge in [0.2, 0.25) is 0 Å². The maximum absolute atomic E-state index is 13.6. The second-order valence-corrected chi connectivity index (χ2v) is 7.63. The number of rotatable bonds is 6. The molecule has 1 fully saturated rings. The van der Waals surface area contributed by atoms with E-state index >= 15 is 0 Å². The lowest BCUT2D eigenvalue weighted by atomic mass is 10.1. The van der Waals surface area contributed by atoms with Crippen molar-refractivity contribution in [2.75, 3.05) is 14.2 Å². The van der Waals surface area contributed by atoms with E-state index in [1.807, 2.05) is 35.2 Å². The van der Waals surface area contributed by atoms with Crippen molar-refractivity contribution in [2.24, 2.45) is 0 Å². The molecule has 0 saturated heterocycles. The van der Waals surface area contributed by atoms with Gasteiger partial charge in [-0.05, 0) is 43.2 Å². The van der Waals surface area contributed by atoms with Crippen molar-refractivity contribution >= 4 is 22.5 Å². The molecule has 0 atom stereocenters. The molecule has 1 saturated carbocycles. The molecule has 1 amide bonds. The molecule has 1 N–H and O–H groups in total. The van der Waals surface area contributed by atoms with Crippen LogP contribution >= 0.6 is 0 Å². The van der Waals surface area contributed by atoms with Crippen LogP contribution in [0.1, 0.15) is 28.8 Å². The lowest BCUT2D eigenvalue weighted by Crippen LogP contribution is -2.33. The molecule has 31 heavy (non-hydrogen) atoms. The van der Waals surface area contributed by atoms with Gasteiger partial charge in [0.25, 0.3) is 11.5 Å². The second-order valence-electron chi connectivity index (χ2n) is 7.63. The average Bonchev–Trinajstić information content (AvgIpc) is 3.56. The summed E-state index contributed by atoms with van der Waals surface area (Å²) in [5, 5.41) is 4.92. The summed E-state index contributed by atoms with van der Waals surface area (Å²) in [4.78, 5) is 30.8. The van der Waals surface area contributed by atoms with Gasteiger partial charge in [0.1, 0.15) is 22.7 Å². The monoisotopic (exact) mass is 418 g/mol. The van der Waals surface area contributed by atoms with Crippen LogP contribution in [0, 0.1) is 0 Å². The first kappa shape index (κ1) is 19.2. The van der Waals surface area contributed by atoms with E-state index in [2.05, 4.69) is 10.1 Å². The number of amides is 1. The van der Waals surface area contributed by atoms with Gasteiger partial charge in [-0.1, -0.05) is 12.1 Å². The molecule has 2 aromatic heterocycles. The number of nitrogens with one attached hydrogen (secondary N) is 1. The number of carbonyl (C=O) groups excluding carboxylic acids is 1. The molecule has 4 aromatic rings. The predicted octanol–water partition coefficient (Wildman–Crippen LogP) is 3.00. The minimum Gasteiger partial charge on any atom is -0.497 e. The Kier molecular flexibility index (Phi) is 4.62. The molecule has 0 unspecified atom stereocenters. The van der Waals surface area contributed by atoms with E-state index in [4.69, 9.17) is 9.47 Å². The number of hydrogen-bond acceptors (Lipinski definition) is 5. The van der Waals surface area contributed by atoms with Crippen LogP contribution in [0.4, 0.5) is 0 Å². The quantitative estimate of drug-likeness (QED) is 0.520. The highest BCUT2D eigenvalue weighted by molar-refractivity contribution is 6.01. The molecule has 0 bridgehead atoms. The van der Waals surface area contributed by atoms with Crippen LogP contribution in [0.5, 0.6) is 11.5 Å². The fourth-order valence-electron chi connectivity index (χ4n) is 3.93. The number of nitrogens with zero attached hydrogens (tertiary/aromatic N) is 3. The number of H-pyrrole nitrogens is 1. The Bertz CT molecular complexity index is 1350. The van der Waals surface area contributed by atoms with Gasteiger partial charge >= 0.3 is 0 Å². The molecule has 1 aliphatic carbocycles. The van der Waals surface area contributed by atoms with Crippen molar-refractivity contribution in [3.8, 4) is 11.5 Å². The minimum absolute atomic E-state index is 0.144. The number of fused-ring (bicyclic) bond motifs is 3. The molecule has 8 heteroatoms. The summed E-state index contributed by atoms with van der Waals surface area (Å²) in [5.41, 5.74) is 2.05. The Morgan fingerprint density at radius 1 is 1.19 bits per heavy atom. The molecular weight excluding hydrogens is 396 g/mol. The third-order valence-corrected chi connectivity index (χ3v) is 5.69. The minimum atomic E-state index is -0.245. The number of ether oxygens (including phenoxy) is 2. The number of aromatic nitrogens is 3. The second kappa shape index (κ2) is 7.46. The molecule has 0 radical (unpaired) electrons. The summed E-state index contributed by atoms with van der Waals surface area (Å²) in [6, 6.07) is 12.9. The lowest BCUT2D eigenvalue weighted by Gasteiger charge is -2.23. The molecule has 0 spiro atoms. The summed E-state index contributed by atoms with van der Waals surface area (Å²) >= 11 is 0. The zero-order valence-corrected chi connectivity index (χ0v) is 17.3. The maximum Gasteiger partial charge on any atom is 0.259 e. The van der Waals surface area contributed by atoms with Gasteiger partial charge in [0.15, 0.2) is 0 Å². The Balaban J connectivity index is 1.57. The molecule has 0 aliphatic heterocycles. The highest BCUT2D eigenvalue weighted by Gasteiger charge is 2.35. The zero-order chi connectivity index (χ0) is 21.5. The topological polar surface area (TPSA) is 88.9 Å². The van der Waals surface area contributed by atoms with Gasteiger partial charge in [-0.15, -0.1) is 0 Å². The van der Waals surface area contributed by atoms with E-state index in [1.165, 1.54) is 6.20 Å². The van der Waals surface area contributed by atoms with E-state index in [1.54, 1.807) is 30.9 Å². The van der Waals surface area contributed by atoms with Gasteiger partial charge in [0, 0.05) is 11.6 Å². The van der Waals surface area contributed by atoms with Gasteiger partial charge < -0.3 is 19.4 Å². The van der Waals surface area contributed by atoms with Crippen LogP contribution < -0.4 is 15.0 Å². The molecular formula is C23H22N4O4. The third-order valence-electron chi connectivity index (χ3n) is 5.69. The highest BCUT2D eigenvalue weighted by atomic mass is 16.5. The van der Waals surface area contributed by atoms with E-state index < -0.39 is 0 Å². The van der Waals surface area contributed by atoms with Crippen LogP contribution in [0.2, 0.25) is 0 Å². The van der Waals surface area contributed by atoms with Crippen molar-refractivity contribution in [2.45, 2.75) is 25.4 Å². The molecule has 2 aromatic carbocycles. The first-order chi connectivity index (χ1) is 15.1. The summed E-state index contributed by atoms with van der Waals surface area (Å²) < 4.78 is 12.4. The van der Waals surface area contributed by atoms with E-state index in [-0.39, 0.29) is 17.5 Å². The van der Waals surface area contributed by atoms with Gasteiger partial charge in [0.05, 0.1) is 37.9 Å². The fourth-order valence-corrected chi connectivity index (χ4v) is 3.93. The summed E-state index contributed by atoms with van der Waals surface area (Å²) in [5.74, 6) is 1.22. The number of benzene rings is 2. The van der Waals surface area contributed by atoms with Crippen LogP contribution in [0.3, 0.4) is 0 Å². The van der Waals surface area contributed by atoms with Crippen molar-refractivity contribution in [1.29, 1.82) is 0 Å². The van der Waals surface area contributed by atoms with Crippen LogP contribution in [-0.4, -0.2) is 45.7 Å². The number of para-hydroxylation sites is 1. The van der Waals surface area contributed by atoms with E-state index in [0.717, 1.165) is 18.4 Å². The van der Waals surface area contributed by atoms with Crippen molar-refractivity contribution in [1.82, 2.24) is 19.5 Å². The van der Waals surface area contributed by atoms with Crippen LogP contribution in [-0.2, 0) is 6.54 Å². The maximum atomic E-state index is 13.6. The zero-order valence-electron chi connectivity index (χ0n) is 17.3. The van der Waals surface area contributed by atoms with E-state index in [9.17, 15) is 9.59 Å². The van der Waals surface area contributed by atoms with E-state index in [0.29, 0.717) is 40.2 Å².